The first kappa shape index (κ1) is 23.2. The molecule has 36 heavy (non-hydrogen) atoms. The van der Waals surface area contributed by atoms with Gasteiger partial charge in [-0.25, -0.2) is 17.5 Å². The standard InChI is InChI=1S/C26H29FN6O2S/c1-3-10-31-17-24(16-28-31)36(34,35)32-12-11-30(18-26(32)8-9-26)23-13-19(2)25-20(14-23)15-29-33(25)22-6-4-21(27)5-7-22/h4-7,13-17H,3,8-12,18H2,1-2H3. The number of hydrogen-bond acceptors (Lipinski definition) is 5. The van der Waals surface area contributed by atoms with E-state index < -0.39 is 10.0 Å². The predicted octanol–water partition coefficient (Wildman–Crippen LogP) is 4.12. The molecule has 2 fully saturated rings. The van der Waals surface area contributed by atoms with Gasteiger partial charge in [0.2, 0.25) is 10.0 Å². The summed E-state index contributed by atoms with van der Waals surface area (Å²) in [4.78, 5) is 2.57. The first-order valence-electron chi connectivity index (χ1n) is 12.4. The minimum Gasteiger partial charge on any atom is -0.368 e. The summed E-state index contributed by atoms with van der Waals surface area (Å²) in [5.41, 5.74) is 3.55. The molecular weight excluding hydrogens is 479 g/mol. The maximum atomic E-state index is 13.5. The molecular formula is C26H29FN6O2S. The fourth-order valence-corrected chi connectivity index (χ4v) is 7.14. The Morgan fingerprint density at radius 2 is 1.81 bits per heavy atom. The molecule has 0 amide bonds. The highest BCUT2D eigenvalue weighted by Gasteiger charge is 2.56. The third-order valence-electron chi connectivity index (χ3n) is 7.34. The van der Waals surface area contributed by atoms with Crippen LogP contribution in [0.1, 0.15) is 31.7 Å². The molecule has 1 saturated heterocycles. The van der Waals surface area contributed by atoms with Gasteiger partial charge in [0.15, 0.2) is 0 Å². The monoisotopic (exact) mass is 508 g/mol. The number of hydrogen-bond donors (Lipinski definition) is 0. The van der Waals surface area contributed by atoms with Crippen LogP contribution in [-0.4, -0.2) is 57.5 Å². The van der Waals surface area contributed by atoms with E-state index in [9.17, 15) is 12.8 Å². The van der Waals surface area contributed by atoms with Crippen molar-refractivity contribution in [2.24, 2.45) is 0 Å². The zero-order valence-electron chi connectivity index (χ0n) is 20.4. The first-order chi connectivity index (χ1) is 17.3. The Hall–Kier alpha value is -3.24. The van der Waals surface area contributed by atoms with Crippen LogP contribution in [0.3, 0.4) is 0 Å². The summed E-state index contributed by atoms with van der Waals surface area (Å²) >= 11 is 0. The largest absolute Gasteiger partial charge is 0.368 e. The molecule has 0 bridgehead atoms. The van der Waals surface area contributed by atoms with Gasteiger partial charge in [0, 0.05) is 43.4 Å². The van der Waals surface area contributed by atoms with Crippen molar-refractivity contribution in [3.8, 4) is 5.69 Å². The van der Waals surface area contributed by atoms with Gasteiger partial charge in [-0.1, -0.05) is 6.92 Å². The van der Waals surface area contributed by atoms with Gasteiger partial charge >= 0.3 is 0 Å². The lowest BCUT2D eigenvalue weighted by atomic mass is 10.1. The Labute approximate surface area is 210 Å². The van der Waals surface area contributed by atoms with Crippen molar-refractivity contribution in [1.29, 1.82) is 0 Å². The molecule has 10 heteroatoms. The molecule has 2 aliphatic rings. The fraction of sp³-hybridized carbons (Fsp3) is 0.385. The number of rotatable bonds is 6. The van der Waals surface area contributed by atoms with Crippen molar-refractivity contribution in [3.05, 3.63) is 66.4 Å². The van der Waals surface area contributed by atoms with Crippen molar-refractivity contribution < 1.29 is 12.8 Å². The highest BCUT2D eigenvalue weighted by atomic mass is 32.2. The van der Waals surface area contributed by atoms with Crippen LogP contribution in [0.2, 0.25) is 0 Å². The van der Waals surface area contributed by atoms with Gasteiger partial charge < -0.3 is 4.90 Å². The lowest BCUT2D eigenvalue weighted by Gasteiger charge is -2.42. The molecule has 1 aliphatic carbocycles. The number of fused-ring (bicyclic) bond motifs is 1. The summed E-state index contributed by atoms with van der Waals surface area (Å²) in [5.74, 6) is -0.279. The summed E-state index contributed by atoms with van der Waals surface area (Å²) in [6.07, 6.45) is 7.57. The highest BCUT2D eigenvalue weighted by molar-refractivity contribution is 7.89. The predicted molar refractivity (Wildman–Crippen MR) is 136 cm³/mol. The van der Waals surface area contributed by atoms with E-state index in [-0.39, 0.29) is 16.3 Å². The molecule has 2 aromatic heterocycles. The van der Waals surface area contributed by atoms with E-state index in [1.807, 2.05) is 17.8 Å². The number of benzene rings is 2. The third-order valence-corrected chi connectivity index (χ3v) is 9.30. The second-order valence-corrected chi connectivity index (χ2v) is 11.8. The molecule has 4 aromatic rings. The molecule has 1 saturated carbocycles. The zero-order valence-corrected chi connectivity index (χ0v) is 21.2. The highest BCUT2D eigenvalue weighted by Crippen LogP contribution is 2.47. The van der Waals surface area contributed by atoms with Crippen molar-refractivity contribution in [1.82, 2.24) is 23.9 Å². The van der Waals surface area contributed by atoms with Crippen LogP contribution in [0.15, 0.2) is 59.9 Å². The maximum absolute atomic E-state index is 13.5. The minimum absolute atomic E-state index is 0.279. The first-order valence-corrected chi connectivity index (χ1v) is 13.8. The normalized spacial score (nSPS) is 17.8. The molecule has 0 atom stereocenters. The second-order valence-electron chi connectivity index (χ2n) is 9.90. The number of halogens is 1. The molecule has 0 unspecified atom stereocenters. The molecule has 3 heterocycles. The quantitative estimate of drug-likeness (QED) is 0.392. The topological polar surface area (TPSA) is 76.3 Å². The van der Waals surface area contributed by atoms with Gasteiger partial charge in [0.1, 0.15) is 10.7 Å². The number of nitrogens with zero attached hydrogens (tertiary/aromatic N) is 6. The van der Waals surface area contributed by atoms with Gasteiger partial charge in [-0.15, -0.1) is 0 Å². The number of aryl methyl sites for hydroxylation is 2. The number of aromatic nitrogens is 4. The van der Waals surface area contributed by atoms with E-state index in [1.165, 1.54) is 18.3 Å². The smallest absolute Gasteiger partial charge is 0.246 e. The van der Waals surface area contributed by atoms with Crippen LogP contribution in [0.4, 0.5) is 10.1 Å². The van der Waals surface area contributed by atoms with Crippen LogP contribution in [0.5, 0.6) is 0 Å². The Balaban J connectivity index is 1.27. The van der Waals surface area contributed by atoms with Crippen LogP contribution < -0.4 is 4.90 Å². The Morgan fingerprint density at radius 3 is 2.53 bits per heavy atom. The van der Waals surface area contributed by atoms with Gasteiger partial charge in [-0.3, -0.25) is 4.68 Å². The Bertz CT molecular complexity index is 1540. The van der Waals surface area contributed by atoms with E-state index in [0.29, 0.717) is 26.2 Å². The summed E-state index contributed by atoms with van der Waals surface area (Å²) in [6, 6.07) is 10.6. The van der Waals surface area contributed by atoms with Gasteiger partial charge in [-0.2, -0.15) is 14.5 Å². The fourth-order valence-electron chi connectivity index (χ4n) is 5.38. The minimum atomic E-state index is -3.60. The number of anilines is 1. The molecule has 2 aromatic carbocycles. The van der Waals surface area contributed by atoms with E-state index in [2.05, 4.69) is 34.2 Å². The molecule has 0 radical (unpaired) electrons. The van der Waals surface area contributed by atoms with E-state index >= 15 is 0 Å². The lowest BCUT2D eigenvalue weighted by Crippen LogP contribution is -2.57. The lowest BCUT2D eigenvalue weighted by molar-refractivity contribution is 0.271. The summed E-state index contributed by atoms with van der Waals surface area (Å²) < 4.78 is 45.7. The second kappa shape index (κ2) is 8.41. The van der Waals surface area contributed by atoms with Crippen molar-refractivity contribution in [2.45, 2.75) is 50.1 Å². The summed E-state index contributed by atoms with van der Waals surface area (Å²) in [6.45, 7) is 6.50. The summed E-state index contributed by atoms with van der Waals surface area (Å²) in [7, 11) is -3.60. The Morgan fingerprint density at radius 1 is 1.03 bits per heavy atom. The van der Waals surface area contributed by atoms with Crippen LogP contribution in [0.25, 0.3) is 16.6 Å². The van der Waals surface area contributed by atoms with Crippen molar-refractivity contribution >= 4 is 26.6 Å². The van der Waals surface area contributed by atoms with Crippen molar-refractivity contribution in [2.75, 3.05) is 24.5 Å². The van der Waals surface area contributed by atoms with Crippen LogP contribution in [-0.2, 0) is 16.6 Å². The van der Waals surface area contributed by atoms with Gasteiger partial charge in [0.05, 0.1) is 29.1 Å². The number of piperazine rings is 1. The maximum Gasteiger partial charge on any atom is 0.246 e. The molecule has 6 rings (SSSR count). The zero-order chi connectivity index (χ0) is 25.1. The van der Waals surface area contributed by atoms with E-state index in [0.717, 1.165) is 47.1 Å². The Kier molecular flexibility index (Phi) is 5.42. The van der Waals surface area contributed by atoms with Crippen LogP contribution in [0, 0.1) is 12.7 Å². The molecule has 0 N–H and O–H groups in total. The molecule has 1 aliphatic heterocycles. The SMILES string of the molecule is CCCn1cc(S(=O)(=O)N2CCN(c3cc(C)c4c(cnn4-c4ccc(F)cc4)c3)CC23CC3)cn1. The van der Waals surface area contributed by atoms with Crippen molar-refractivity contribution in [3.63, 3.8) is 0 Å². The van der Waals surface area contributed by atoms with Gasteiger partial charge in [0.25, 0.3) is 0 Å². The van der Waals surface area contributed by atoms with Crippen LogP contribution >= 0.6 is 0 Å². The van der Waals surface area contributed by atoms with E-state index in [1.54, 1.807) is 27.3 Å². The molecule has 188 valence electrons. The molecule has 8 nitrogen and oxygen atoms in total. The number of sulfonamides is 1. The van der Waals surface area contributed by atoms with Gasteiger partial charge in [-0.05, 0) is 68.1 Å². The van der Waals surface area contributed by atoms with E-state index in [4.69, 9.17) is 0 Å². The average Bonchev–Trinajstić information content (AvgIpc) is 3.25. The third kappa shape index (κ3) is 3.79. The summed E-state index contributed by atoms with van der Waals surface area (Å²) in [5, 5.41) is 9.79. The average molecular weight is 509 g/mol. The molecule has 1 spiro atoms.